The highest BCUT2D eigenvalue weighted by atomic mass is 16.5. The molecule has 4 heterocycles. The van der Waals surface area contributed by atoms with E-state index in [0.29, 0.717) is 29.0 Å². The van der Waals surface area contributed by atoms with Gasteiger partial charge in [0.1, 0.15) is 0 Å². The Morgan fingerprint density at radius 2 is 2.07 bits per heavy atom. The van der Waals surface area contributed by atoms with Crippen LogP contribution < -0.4 is 10.1 Å². The van der Waals surface area contributed by atoms with E-state index in [9.17, 15) is 4.79 Å². The Labute approximate surface area is 162 Å². The van der Waals surface area contributed by atoms with Gasteiger partial charge in [0, 0.05) is 37.6 Å². The van der Waals surface area contributed by atoms with Crippen molar-refractivity contribution in [2.24, 2.45) is 0 Å². The Kier molecular flexibility index (Phi) is 4.99. The molecule has 0 aliphatic carbocycles. The van der Waals surface area contributed by atoms with Gasteiger partial charge in [0.15, 0.2) is 11.5 Å². The second-order valence-electron chi connectivity index (χ2n) is 7.15. The molecule has 3 aromatic rings. The number of ether oxygens (including phenoxy) is 2. The van der Waals surface area contributed by atoms with Gasteiger partial charge < -0.3 is 14.8 Å². The van der Waals surface area contributed by atoms with Gasteiger partial charge in [0.25, 0.3) is 11.8 Å². The van der Waals surface area contributed by atoms with Crippen LogP contribution in [-0.4, -0.2) is 50.4 Å². The third kappa shape index (κ3) is 3.57. The first kappa shape index (κ1) is 18.4. The standard InChI is InChI=1S/C19H24N6O3/c1-12(2)25-7-4-14(23-25)18(26)21-16-11-24-10-15(13-5-8-28-9-6-13)20-17(24)19(22-16)27-3/h4,7,10-13H,5-6,8-9H2,1-3H3,(H,21,26). The fourth-order valence-corrected chi connectivity index (χ4v) is 3.30. The van der Waals surface area contributed by atoms with E-state index in [1.165, 1.54) is 0 Å². The summed E-state index contributed by atoms with van der Waals surface area (Å²) in [5, 5.41) is 7.08. The molecule has 0 spiro atoms. The molecule has 4 rings (SSSR count). The molecule has 1 N–H and O–H groups in total. The molecule has 0 aromatic carbocycles. The molecular weight excluding hydrogens is 360 g/mol. The van der Waals surface area contributed by atoms with E-state index in [-0.39, 0.29) is 11.9 Å². The van der Waals surface area contributed by atoms with Crippen molar-refractivity contribution >= 4 is 17.4 Å². The first-order valence-electron chi connectivity index (χ1n) is 9.43. The molecule has 1 fully saturated rings. The fourth-order valence-electron chi connectivity index (χ4n) is 3.30. The maximum Gasteiger partial charge on any atom is 0.277 e. The van der Waals surface area contributed by atoms with Gasteiger partial charge in [-0.05, 0) is 32.8 Å². The summed E-state index contributed by atoms with van der Waals surface area (Å²) in [5.41, 5.74) is 1.96. The predicted molar refractivity (Wildman–Crippen MR) is 103 cm³/mol. The van der Waals surface area contributed by atoms with E-state index in [1.807, 2.05) is 24.4 Å². The molecule has 9 nitrogen and oxygen atoms in total. The highest BCUT2D eigenvalue weighted by Crippen LogP contribution is 2.29. The van der Waals surface area contributed by atoms with Crippen molar-refractivity contribution in [3.05, 3.63) is 36.0 Å². The molecule has 0 bridgehead atoms. The van der Waals surface area contributed by atoms with Crippen LogP contribution in [0.5, 0.6) is 5.88 Å². The van der Waals surface area contributed by atoms with Crippen molar-refractivity contribution in [2.75, 3.05) is 25.6 Å². The lowest BCUT2D eigenvalue weighted by Gasteiger charge is -2.19. The third-order valence-electron chi connectivity index (χ3n) is 4.87. The lowest BCUT2D eigenvalue weighted by molar-refractivity contribution is 0.0846. The summed E-state index contributed by atoms with van der Waals surface area (Å²) in [4.78, 5) is 21.6. The van der Waals surface area contributed by atoms with Crippen LogP contribution in [0, 0.1) is 0 Å². The Balaban J connectivity index is 1.60. The minimum Gasteiger partial charge on any atom is -0.478 e. The van der Waals surface area contributed by atoms with Gasteiger partial charge >= 0.3 is 0 Å². The number of imidazole rings is 1. The Morgan fingerprint density at radius 3 is 2.75 bits per heavy atom. The predicted octanol–water partition coefficient (Wildman–Crippen LogP) is 2.66. The molecule has 28 heavy (non-hydrogen) atoms. The zero-order valence-electron chi connectivity index (χ0n) is 16.3. The molecule has 1 aliphatic heterocycles. The van der Waals surface area contributed by atoms with Crippen molar-refractivity contribution in [3.8, 4) is 5.88 Å². The van der Waals surface area contributed by atoms with Crippen LogP contribution in [0.3, 0.4) is 0 Å². The molecule has 0 radical (unpaired) electrons. The number of amides is 1. The Hall–Kier alpha value is -2.94. The topological polar surface area (TPSA) is 95.6 Å². The summed E-state index contributed by atoms with van der Waals surface area (Å²) in [5.74, 6) is 0.780. The summed E-state index contributed by atoms with van der Waals surface area (Å²) >= 11 is 0. The fraction of sp³-hybridized carbons (Fsp3) is 0.474. The van der Waals surface area contributed by atoms with Crippen molar-refractivity contribution in [1.29, 1.82) is 0 Å². The second kappa shape index (κ2) is 7.59. The number of fused-ring (bicyclic) bond motifs is 1. The average molecular weight is 384 g/mol. The van der Waals surface area contributed by atoms with Crippen molar-refractivity contribution in [2.45, 2.75) is 38.6 Å². The van der Waals surface area contributed by atoms with Crippen LogP contribution in [0.15, 0.2) is 24.7 Å². The number of carbonyl (C=O) groups excluding carboxylic acids is 1. The van der Waals surface area contributed by atoms with Gasteiger partial charge in [-0.15, -0.1) is 0 Å². The summed E-state index contributed by atoms with van der Waals surface area (Å²) in [7, 11) is 1.54. The van der Waals surface area contributed by atoms with E-state index in [1.54, 1.807) is 30.3 Å². The van der Waals surface area contributed by atoms with Gasteiger partial charge in [-0.1, -0.05) is 0 Å². The van der Waals surface area contributed by atoms with Crippen LogP contribution in [-0.2, 0) is 4.74 Å². The summed E-state index contributed by atoms with van der Waals surface area (Å²) in [6.07, 6.45) is 7.39. The highest BCUT2D eigenvalue weighted by molar-refractivity contribution is 6.02. The minimum absolute atomic E-state index is 0.186. The van der Waals surface area contributed by atoms with Crippen LogP contribution in [0.1, 0.15) is 54.8 Å². The van der Waals surface area contributed by atoms with Crippen LogP contribution in [0.25, 0.3) is 5.65 Å². The van der Waals surface area contributed by atoms with Gasteiger partial charge in [-0.3, -0.25) is 13.9 Å². The quantitative estimate of drug-likeness (QED) is 0.727. The summed E-state index contributed by atoms with van der Waals surface area (Å²) in [6, 6.07) is 1.87. The van der Waals surface area contributed by atoms with Gasteiger partial charge in [0.2, 0.25) is 5.65 Å². The summed E-state index contributed by atoms with van der Waals surface area (Å²) in [6.45, 7) is 5.50. The molecule has 1 amide bonds. The second-order valence-corrected chi connectivity index (χ2v) is 7.15. The van der Waals surface area contributed by atoms with E-state index in [4.69, 9.17) is 14.5 Å². The number of nitrogens with one attached hydrogen (secondary N) is 1. The van der Waals surface area contributed by atoms with Gasteiger partial charge in [0.05, 0.1) is 19.0 Å². The average Bonchev–Trinajstić information content (AvgIpc) is 3.35. The summed E-state index contributed by atoms with van der Waals surface area (Å²) < 4.78 is 14.4. The molecule has 1 saturated heterocycles. The SMILES string of the molecule is COc1nc(NC(=O)c2ccn(C(C)C)n2)cn2cc(C3CCOCC3)nc12. The molecule has 9 heteroatoms. The van der Waals surface area contributed by atoms with E-state index in [0.717, 1.165) is 31.7 Å². The molecule has 1 aliphatic rings. The van der Waals surface area contributed by atoms with Crippen LogP contribution in [0.4, 0.5) is 5.82 Å². The first-order valence-corrected chi connectivity index (χ1v) is 9.43. The maximum atomic E-state index is 12.5. The molecular formula is C19H24N6O3. The molecule has 3 aromatic heterocycles. The van der Waals surface area contributed by atoms with Gasteiger partial charge in [-0.2, -0.15) is 10.1 Å². The highest BCUT2D eigenvalue weighted by Gasteiger charge is 2.21. The largest absolute Gasteiger partial charge is 0.478 e. The Morgan fingerprint density at radius 1 is 1.29 bits per heavy atom. The number of nitrogens with zero attached hydrogens (tertiary/aromatic N) is 5. The zero-order chi connectivity index (χ0) is 19.7. The van der Waals surface area contributed by atoms with E-state index < -0.39 is 0 Å². The number of aromatic nitrogens is 5. The number of hydrogen-bond acceptors (Lipinski definition) is 6. The van der Waals surface area contributed by atoms with Crippen molar-refractivity contribution in [3.63, 3.8) is 0 Å². The maximum absolute atomic E-state index is 12.5. The number of anilines is 1. The smallest absolute Gasteiger partial charge is 0.277 e. The molecule has 0 atom stereocenters. The van der Waals surface area contributed by atoms with Crippen molar-refractivity contribution in [1.82, 2.24) is 24.1 Å². The number of hydrogen-bond donors (Lipinski definition) is 1. The molecule has 0 unspecified atom stereocenters. The van der Waals surface area contributed by atoms with E-state index >= 15 is 0 Å². The number of carbonyl (C=O) groups is 1. The van der Waals surface area contributed by atoms with Crippen LogP contribution >= 0.6 is 0 Å². The Bertz CT molecular complexity index is 987. The number of methoxy groups -OCH3 is 1. The molecule has 148 valence electrons. The van der Waals surface area contributed by atoms with Crippen LogP contribution in [0.2, 0.25) is 0 Å². The van der Waals surface area contributed by atoms with Crippen molar-refractivity contribution < 1.29 is 14.3 Å². The third-order valence-corrected chi connectivity index (χ3v) is 4.87. The normalized spacial score (nSPS) is 15.3. The number of rotatable bonds is 5. The monoisotopic (exact) mass is 384 g/mol. The lowest BCUT2D eigenvalue weighted by atomic mass is 9.97. The molecule has 0 saturated carbocycles. The minimum atomic E-state index is -0.321. The first-order chi connectivity index (χ1) is 13.5. The van der Waals surface area contributed by atoms with Gasteiger partial charge in [-0.25, -0.2) is 4.98 Å². The lowest BCUT2D eigenvalue weighted by Crippen LogP contribution is -2.15. The van der Waals surface area contributed by atoms with E-state index in [2.05, 4.69) is 15.4 Å². The zero-order valence-corrected chi connectivity index (χ0v) is 16.3.